The Balaban J connectivity index is 0.00000304. The van der Waals surface area contributed by atoms with Crippen LogP contribution in [0.25, 0.3) is 0 Å². The van der Waals surface area contributed by atoms with Crippen molar-refractivity contribution in [2.45, 2.75) is 76.8 Å². The van der Waals surface area contributed by atoms with Gasteiger partial charge in [-0.15, -0.1) is 0 Å². The largest absolute Gasteiger partial charge is 0.455 e. The summed E-state index contributed by atoms with van der Waals surface area (Å²) in [6.45, 7) is 9.46. The molecule has 1 aliphatic carbocycles. The number of rotatable bonds is 7. The fourth-order valence-electron chi connectivity index (χ4n) is 6.36. The van der Waals surface area contributed by atoms with E-state index in [1.54, 1.807) is 18.2 Å². The summed E-state index contributed by atoms with van der Waals surface area (Å²) in [5.41, 5.74) is 8.32. The van der Waals surface area contributed by atoms with Crippen LogP contribution in [0.4, 0.5) is 5.69 Å². The van der Waals surface area contributed by atoms with Crippen molar-refractivity contribution in [3.8, 4) is 0 Å². The molecule has 196 valence electrons. The molecule has 0 bridgehead atoms. The predicted molar refractivity (Wildman–Crippen MR) is 143 cm³/mol. The molecule has 1 aromatic rings. The summed E-state index contributed by atoms with van der Waals surface area (Å²) >= 11 is 6.20. The minimum atomic E-state index is 0. The van der Waals surface area contributed by atoms with Crippen molar-refractivity contribution >= 4 is 23.2 Å². The van der Waals surface area contributed by atoms with Crippen LogP contribution in [0.3, 0.4) is 0 Å². The van der Waals surface area contributed by atoms with E-state index in [4.69, 9.17) is 11.6 Å². The molecule has 6 nitrogen and oxygen atoms in total. The molecule has 1 unspecified atom stereocenters. The molecule has 0 aromatic heterocycles. The number of piperidine rings is 2. The van der Waals surface area contributed by atoms with E-state index in [9.17, 15) is 4.79 Å². The fourth-order valence-corrected chi connectivity index (χ4v) is 6.54. The van der Waals surface area contributed by atoms with E-state index < -0.39 is 0 Å². The second-order valence-corrected chi connectivity index (χ2v) is 11.2. The van der Waals surface area contributed by atoms with Crippen LogP contribution in [-0.2, 0) is 4.79 Å². The van der Waals surface area contributed by atoms with Crippen LogP contribution < -0.4 is 15.6 Å². The number of nitrogens with one attached hydrogen (secondary N) is 2. The van der Waals surface area contributed by atoms with E-state index in [1.807, 2.05) is 6.07 Å². The molecule has 5 rings (SSSR count). The monoisotopic (exact) mass is 736 g/mol. The number of hydrogen-bond acceptors (Lipinski definition) is 5. The van der Waals surface area contributed by atoms with E-state index in [1.165, 1.54) is 50.6 Å². The number of hydrogen-bond donors (Lipinski definition) is 2. The van der Waals surface area contributed by atoms with Crippen molar-refractivity contribution in [2.24, 2.45) is 5.92 Å². The summed E-state index contributed by atoms with van der Waals surface area (Å²) in [6, 6.07) is 8.94. The summed E-state index contributed by atoms with van der Waals surface area (Å²) in [4.78, 5) is 16.3. The molecule has 1 aromatic carbocycles. The molecule has 1 amide bonds. The Labute approximate surface area is 245 Å². The first kappa shape index (κ1) is 28.3. The summed E-state index contributed by atoms with van der Waals surface area (Å²) < 4.78 is 0. The minimum absolute atomic E-state index is 0. The molecule has 0 radical (unpaired) electrons. The zero-order valence-corrected chi connectivity index (χ0v) is 26.6. The normalized spacial score (nSPS) is 24.0. The van der Waals surface area contributed by atoms with Crippen LogP contribution >= 0.6 is 11.6 Å². The Hall–Kier alpha value is -0.708. The van der Waals surface area contributed by atoms with Gasteiger partial charge in [-0.05, 0) is 95.0 Å². The van der Waals surface area contributed by atoms with Crippen LogP contribution in [0.15, 0.2) is 35.5 Å². The van der Waals surface area contributed by atoms with Gasteiger partial charge in [0.05, 0.1) is 0 Å². The van der Waals surface area contributed by atoms with Crippen LogP contribution in [-0.4, -0.2) is 60.6 Å². The first-order valence-electron chi connectivity index (χ1n) is 13.7. The Bertz CT molecular complexity index is 911. The number of amides is 1. The van der Waals surface area contributed by atoms with E-state index in [0.29, 0.717) is 12.1 Å². The third-order valence-electron chi connectivity index (χ3n) is 8.32. The molecule has 2 N–H and O–H groups in total. The smallest absolute Gasteiger partial charge is 0.217 e. The number of hydrazine groups is 1. The van der Waals surface area contributed by atoms with Crippen LogP contribution in [0, 0.1) is 43.6 Å². The maximum atomic E-state index is 11.4. The molecular weight excluding hydrogens is 696 g/mol. The number of likely N-dealkylation sites (tertiary alicyclic amines) is 1. The topological polar surface area (TPSA) is 50.9 Å². The van der Waals surface area contributed by atoms with E-state index >= 15 is 0 Å². The number of carbonyl (C=O) groups excluding carboxylic acids is 1. The van der Waals surface area contributed by atoms with Gasteiger partial charge in [0.2, 0.25) is 5.91 Å². The van der Waals surface area contributed by atoms with E-state index in [0.717, 1.165) is 56.5 Å². The number of benzene rings is 1. The summed E-state index contributed by atoms with van der Waals surface area (Å²) in [7, 11) is 0. The molecule has 2 fully saturated rings. The first-order chi connectivity index (χ1) is 17.0. The third-order valence-corrected chi connectivity index (χ3v) is 8.56. The molecule has 2 saturated heterocycles. The average Bonchev–Trinajstić information content (AvgIpc) is 3.21. The van der Waals surface area contributed by atoms with Gasteiger partial charge in [-0.3, -0.25) is 10.2 Å². The van der Waals surface area contributed by atoms with Crippen molar-refractivity contribution in [1.82, 2.24) is 20.7 Å². The van der Waals surface area contributed by atoms with Crippen molar-refractivity contribution < 1.29 is 35.9 Å². The second kappa shape index (κ2) is 13.4. The number of halogens is 1. The Kier molecular flexibility index (Phi) is 10.5. The van der Waals surface area contributed by atoms with Crippen molar-refractivity contribution in [3.05, 3.63) is 47.1 Å². The SMILES string of the molecule is CC(=O)NC1CCN([CH-]C2NN(CCC3CCN(c4cccc(Cl)c4)CC3)C3=C2CCCC3)CC1.[U]. The first-order valence-corrected chi connectivity index (χ1v) is 14.1. The van der Waals surface area contributed by atoms with Gasteiger partial charge in [0.25, 0.3) is 0 Å². The number of carbonyl (C=O) groups is 1. The van der Waals surface area contributed by atoms with Gasteiger partial charge in [0.15, 0.2) is 0 Å². The summed E-state index contributed by atoms with van der Waals surface area (Å²) in [6.07, 6.45) is 10.9. The zero-order chi connectivity index (χ0) is 24.2. The Morgan fingerprint density at radius 1 is 1.11 bits per heavy atom. The molecule has 36 heavy (non-hydrogen) atoms. The van der Waals surface area contributed by atoms with Gasteiger partial charge < -0.3 is 20.1 Å². The molecule has 3 aliphatic heterocycles. The van der Waals surface area contributed by atoms with Gasteiger partial charge >= 0.3 is 0 Å². The van der Waals surface area contributed by atoms with Crippen LogP contribution in [0.2, 0.25) is 5.02 Å². The van der Waals surface area contributed by atoms with Crippen LogP contribution in [0.5, 0.6) is 0 Å². The van der Waals surface area contributed by atoms with E-state index in [2.05, 4.69) is 50.3 Å². The van der Waals surface area contributed by atoms with Crippen molar-refractivity contribution in [1.29, 1.82) is 0 Å². The molecular formula is C28H41ClN5OU-. The molecule has 1 atom stereocenters. The third kappa shape index (κ3) is 7.23. The maximum absolute atomic E-state index is 11.4. The maximum Gasteiger partial charge on any atom is 0.217 e. The number of anilines is 1. The van der Waals surface area contributed by atoms with Crippen LogP contribution in [0.1, 0.15) is 64.7 Å². The van der Waals surface area contributed by atoms with Gasteiger partial charge in [-0.2, -0.15) is 0 Å². The Morgan fingerprint density at radius 3 is 2.58 bits per heavy atom. The van der Waals surface area contributed by atoms with Gasteiger partial charge in [-0.25, -0.2) is 6.54 Å². The summed E-state index contributed by atoms with van der Waals surface area (Å²) in [5.74, 6) is 0.878. The number of allylic oxidation sites excluding steroid dienone is 1. The molecule has 0 saturated carbocycles. The minimum Gasteiger partial charge on any atom is -0.455 e. The number of nitrogens with zero attached hydrogens (tertiary/aromatic N) is 3. The fraction of sp³-hybridized carbons (Fsp3) is 0.643. The standard InChI is InChI=1S/C28H41ClN5O.U/c1-21(35)30-24-12-14-32(15-13-24)20-27-26-7-2-3-8-28(26)34(31-27)18-11-22-9-16-33(17-10-22)25-6-4-5-23(29)19-25;/h4-6,19-20,22,24,27,31H,2-3,7-18H2,1H3,(H,30,35);/q-1;. The van der Waals surface area contributed by atoms with Gasteiger partial charge in [-0.1, -0.05) is 29.3 Å². The quantitative estimate of drug-likeness (QED) is 0.397. The van der Waals surface area contributed by atoms with Gasteiger partial charge in [0.1, 0.15) is 0 Å². The Morgan fingerprint density at radius 2 is 1.86 bits per heavy atom. The molecule has 3 heterocycles. The average molecular weight is 737 g/mol. The summed E-state index contributed by atoms with van der Waals surface area (Å²) in [5, 5.41) is 6.42. The second-order valence-electron chi connectivity index (χ2n) is 10.8. The van der Waals surface area contributed by atoms with Gasteiger partial charge in [0, 0.05) is 80.1 Å². The molecule has 0 spiro atoms. The van der Waals surface area contributed by atoms with Crippen molar-refractivity contribution in [2.75, 3.05) is 37.6 Å². The molecule has 4 aliphatic rings. The predicted octanol–water partition coefficient (Wildman–Crippen LogP) is 4.73. The van der Waals surface area contributed by atoms with Crippen molar-refractivity contribution in [3.63, 3.8) is 0 Å². The zero-order valence-electron chi connectivity index (χ0n) is 21.6. The molecule has 8 heteroatoms. The van der Waals surface area contributed by atoms with E-state index in [-0.39, 0.29) is 37.0 Å².